The van der Waals surface area contributed by atoms with Gasteiger partial charge in [-0.25, -0.2) is 4.79 Å². The van der Waals surface area contributed by atoms with E-state index >= 15 is 0 Å². The van der Waals surface area contributed by atoms with Crippen molar-refractivity contribution in [2.24, 2.45) is 0 Å². The monoisotopic (exact) mass is 373 g/mol. The van der Waals surface area contributed by atoms with Gasteiger partial charge in [-0.3, -0.25) is 0 Å². The van der Waals surface area contributed by atoms with E-state index in [0.29, 0.717) is 19.7 Å². The van der Waals surface area contributed by atoms with E-state index in [9.17, 15) is 4.79 Å². The van der Waals surface area contributed by atoms with Crippen molar-refractivity contribution < 1.29 is 14.3 Å². The summed E-state index contributed by atoms with van der Waals surface area (Å²) >= 11 is 5.31. The molecule has 3 rings (SSSR count). The second kappa shape index (κ2) is 5.25. The fourth-order valence-corrected chi connectivity index (χ4v) is 4.77. The Kier molecular flexibility index (Phi) is 3.83. The molecule has 21 heavy (non-hydrogen) atoms. The molecule has 1 fully saturated rings. The van der Waals surface area contributed by atoms with Crippen LogP contribution in [-0.2, 0) is 21.7 Å². The molecule has 116 valence electrons. The second-order valence-corrected chi connectivity index (χ2v) is 9.09. The zero-order valence-electron chi connectivity index (χ0n) is 12.6. The van der Waals surface area contributed by atoms with Crippen molar-refractivity contribution in [3.05, 3.63) is 20.3 Å². The summed E-state index contributed by atoms with van der Waals surface area (Å²) in [6.45, 7) is 7.74. The van der Waals surface area contributed by atoms with Gasteiger partial charge in [0.15, 0.2) is 0 Å². The second-order valence-electron chi connectivity index (χ2n) is 6.66. The number of fused-ring (bicyclic) bond motifs is 2. The maximum atomic E-state index is 12.1. The third-order valence-corrected chi connectivity index (χ3v) is 5.79. The lowest BCUT2D eigenvalue weighted by atomic mass is 9.90. The number of amides is 1. The number of carbonyl (C=O) groups excluding carboxylic acids is 1. The number of ether oxygens (including phenoxy) is 2. The normalized spacial score (nSPS) is 20.7. The maximum absolute atomic E-state index is 12.1. The zero-order valence-corrected chi connectivity index (χ0v) is 15.0. The lowest BCUT2D eigenvalue weighted by Gasteiger charge is -2.39. The summed E-state index contributed by atoms with van der Waals surface area (Å²) in [5.74, 6) is 0. The van der Waals surface area contributed by atoms with Gasteiger partial charge in [0, 0.05) is 18.0 Å². The minimum absolute atomic E-state index is 0.190. The lowest BCUT2D eigenvalue weighted by Crippen LogP contribution is -2.46. The number of hydrogen-bond donors (Lipinski definition) is 0. The highest BCUT2D eigenvalue weighted by Crippen LogP contribution is 2.49. The Balaban J connectivity index is 1.67. The van der Waals surface area contributed by atoms with Crippen molar-refractivity contribution in [1.29, 1.82) is 0 Å². The van der Waals surface area contributed by atoms with Crippen molar-refractivity contribution in [1.82, 2.24) is 4.90 Å². The summed E-state index contributed by atoms with van der Waals surface area (Å²) in [4.78, 5) is 15.2. The van der Waals surface area contributed by atoms with Gasteiger partial charge in [-0.1, -0.05) is 0 Å². The van der Waals surface area contributed by atoms with Gasteiger partial charge in [-0.2, -0.15) is 0 Å². The molecule has 0 bridgehead atoms. The molecule has 4 nitrogen and oxygen atoms in total. The first-order valence-corrected chi connectivity index (χ1v) is 8.81. The molecule has 1 saturated heterocycles. The van der Waals surface area contributed by atoms with E-state index in [0.717, 1.165) is 16.6 Å². The minimum Gasteiger partial charge on any atom is -0.444 e. The lowest BCUT2D eigenvalue weighted by molar-refractivity contribution is -0.0782. The van der Waals surface area contributed by atoms with Crippen molar-refractivity contribution in [3.63, 3.8) is 0 Å². The fourth-order valence-electron chi connectivity index (χ4n) is 2.92. The van der Waals surface area contributed by atoms with Crippen molar-refractivity contribution >= 4 is 33.4 Å². The summed E-state index contributed by atoms with van der Waals surface area (Å²) in [5, 5.41) is 0. The first-order valence-electron chi connectivity index (χ1n) is 7.20. The number of thiophene rings is 1. The zero-order chi connectivity index (χ0) is 15.3. The van der Waals surface area contributed by atoms with E-state index in [1.807, 2.05) is 20.8 Å². The van der Waals surface area contributed by atoms with E-state index in [2.05, 4.69) is 22.0 Å². The molecule has 2 aliphatic rings. The summed E-state index contributed by atoms with van der Waals surface area (Å²) < 4.78 is 12.7. The third kappa shape index (κ3) is 2.98. The first kappa shape index (κ1) is 15.3. The quantitative estimate of drug-likeness (QED) is 0.681. The van der Waals surface area contributed by atoms with Crippen molar-refractivity contribution in [2.75, 3.05) is 13.1 Å². The predicted octanol–water partition coefficient (Wildman–Crippen LogP) is 4.27. The summed E-state index contributed by atoms with van der Waals surface area (Å²) in [7, 11) is 0. The van der Waals surface area contributed by atoms with Gasteiger partial charge >= 0.3 is 6.09 Å². The Morgan fingerprint density at radius 2 is 2.10 bits per heavy atom. The van der Waals surface area contributed by atoms with Crippen LogP contribution in [0.1, 0.15) is 44.1 Å². The van der Waals surface area contributed by atoms with Gasteiger partial charge in [-0.05, 0) is 61.2 Å². The van der Waals surface area contributed by atoms with Crippen LogP contribution in [0.5, 0.6) is 0 Å². The fraction of sp³-hybridized carbons (Fsp3) is 0.667. The van der Waals surface area contributed by atoms with E-state index in [4.69, 9.17) is 9.47 Å². The van der Waals surface area contributed by atoms with Crippen LogP contribution in [0.15, 0.2) is 9.85 Å². The maximum Gasteiger partial charge on any atom is 0.410 e. The first-order chi connectivity index (χ1) is 9.79. The molecule has 0 N–H and O–H groups in total. The molecule has 0 aromatic carbocycles. The largest absolute Gasteiger partial charge is 0.444 e. The van der Waals surface area contributed by atoms with Crippen LogP contribution in [-0.4, -0.2) is 29.7 Å². The van der Waals surface area contributed by atoms with Gasteiger partial charge in [0.2, 0.25) is 0 Å². The van der Waals surface area contributed by atoms with E-state index < -0.39 is 5.60 Å². The highest BCUT2D eigenvalue weighted by molar-refractivity contribution is 9.11. The van der Waals surface area contributed by atoms with Crippen LogP contribution in [0.25, 0.3) is 0 Å². The molecule has 1 aromatic rings. The van der Waals surface area contributed by atoms with Gasteiger partial charge < -0.3 is 14.4 Å². The molecule has 6 heteroatoms. The van der Waals surface area contributed by atoms with Crippen LogP contribution < -0.4 is 0 Å². The molecule has 0 radical (unpaired) electrons. The number of hydrogen-bond acceptors (Lipinski definition) is 4. The Bertz CT molecular complexity index is 556. The standard InChI is InChI=1S/C15H20BrNO3S/c1-14(2,3)20-13(18)17-6-4-15(5-7-17)12-10(9-19-15)8-11(16)21-12/h8H,4-7,9H2,1-3H3. The molecular formula is C15H20BrNO3S. The minimum atomic E-state index is -0.443. The molecule has 1 amide bonds. The van der Waals surface area contributed by atoms with Gasteiger partial charge in [0.25, 0.3) is 0 Å². The predicted molar refractivity (Wildman–Crippen MR) is 85.5 cm³/mol. The van der Waals surface area contributed by atoms with Crippen molar-refractivity contribution in [3.8, 4) is 0 Å². The number of carbonyl (C=O) groups is 1. The third-order valence-electron chi connectivity index (χ3n) is 3.92. The number of likely N-dealkylation sites (tertiary alicyclic amines) is 1. The smallest absolute Gasteiger partial charge is 0.410 e. The summed E-state index contributed by atoms with van der Waals surface area (Å²) in [5.41, 5.74) is 0.657. The van der Waals surface area contributed by atoms with Crippen LogP contribution in [0.4, 0.5) is 4.79 Å². The van der Waals surface area contributed by atoms with Crippen LogP contribution >= 0.6 is 27.3 Å². The molecule has 0 aliphatic carbocycles. The van der Waals surface area contributed by atoms with Gasteiger partial charge in [-0.15, -0.1) is 11.3 Å². The van der Waals surface area contributed by atoms with E-state index in [1.54, 1.807) is 16.2 Å². The number of piperidine rings is 1. The molecule has 0 saturated carbocycles. The molecule has 0 atom stereocenters. The summed E-state index contributed by atoms with van der Waals surface area (Å²) in [6.07, 6.45) is 1.46. The van der Waals surface area contributed by atoms with Gasteiger partial charge in [0.05, 0.1) is 10.4 Å². The molecule has 0 unspecified atom stereocenters. The van der Waals surface area contributed by atoms with E-state index in [-0.39, 0.29) is 11.7 Å². The van der Waals surface area contributed by atoms with Crippen molar-refractivity contribution in [2.45, 2.75) is 51.4 Å². The number of rotatable bonds is 0. The molecule has 1 spiro atoms. The molecule has 2 aliphatic heterocycles. The van der Waals surface area contributed by atoms with Crippen LogP contribution in [0.3, 0.4) is 0 Å². The summed E-state index contributed by atoms with van der Waals surface area (Å²) in [6, 6.07) is 2.15. The number of halogens is 1. The molecule has 1 aromatic heterocycles. The van der Waals surface area contributed by atoms with Crippen LogP contribution in [0.2, 0.25) is 0 Å². The number of nitrogens with zero attached hydrogens (tertiary/aromatic N) is 1. The Morgan fingerprint density at radius 3 is 2.71 bits per heavy atom. The Labute approximate surface area is 137 Å². The average Bonchev–Trinajstić information content (AvgIpc) is 2.89. The average molecular weight is 374 g/mol. The van der Waals surface area contributed by atoms with E-state index in [1.165, 1.54) is 10.4 Å². The highest BCUT2D eigenvalue weighted by Gasteiger charge is 2.45. The molecular weight excluding hydrogens is 354 g/mol. The highest BCUT2D eigenvalue weighted by atomic mass is 79.9. The SMILES string of the molecule is CC(C)(C)OC(=O)N1CCC2(CC1)OCc1cc(Br)sc12. The Hall–Kier alpha value is -0.590. The van der Waals surface area contributed by atoms with Gasteiger partial charge in [0.1, 0.15) is 11.2 Å². The topological polar surface area (TPSA) is 38.8 Å². The Morgan fingerprint density at radius 1 is 1.43 bits per heavy atom. The van der Waals surface area contributed by atoms with Crippen LogP contribution in [0, 0.1) is 0 Å². The molecule has 3 heterocycles.